The van der Waals surface area contributed by atoms with E-state index in [-0.39, 0.29) is 5.82 Å². The van der Waals surface area contributed by atoms with E-state index in [2.05, 4.69) is 17.3 Å². The molecule has 1 heterocycles. The maximum absolute atomic E-state index is 13.5. The topological polar surface area (TPSA) is 24.5 Å². The Bertz CT molecular complexity index is 397. The predicted octanol–water partition coefficient (Wildman–Crippen LogP) is 1.67. The van der Waals surface area contributed by atoms with Crippen LogP contribution in [0.15, 0.2) is 18.2 Å². The zero-order valence-electron chi connectivity index (χ0n) is 11.1. The van der Waals surface area contributed by atoms with E-state index < -0.39 is 0 Å². The molecule has 1 N–H and O–H groups in total. The zero-order chi connectivity index (χ0) is 13.0. The average molecular weight is 252 g/mol. The van der Waals surface area contributed by atoms with Crippen molar-refractivity contribution in [2.24, 2.45) is 0 Å². The first-order valence-electron chi connectivity index (χ1n) is 6.44. The molecule has 3 nitrogen and oxygen atoms in total. The zero-order valence-corrected chi connectivity index (χ0v) is 11.1. The Labute approximate surface area is 108 Å². The van der Waals surface area contributed by atoms with Crippen LogP contribution in [-0.2, 0) is 6.42 Å². The molecule has 0 aliphatic carbocycles. The summed E-state index contributed by atoms with van der Waals surface area (Å²) in [5, 5.41) is 3.40. The van der Waals surface area contributed by atoms with Gasteiger partial charge in [-0.3, -0.25) is 0 Å². The first-order chi connectivity index (χ1) is 8.70. The molecule has 2 rings (SSSR count). The molecule has 0 amide bonds. The number of methoxy groups -OCH3 is 1. The number of nitrogens with zero attached hydrogens (tertiary/aromatic N) is 1. The lowest BCUT2D eigenvalue weighted by Crippen LogP contribution is -2.49. The maximum atomic E-state index is 13.5. The van der Waals surface area contributed by atoms with Crippen LogP contribution in [0.4, 0.5) is 4.39 Å². The minimum Gasteiger partial charge on any atom is -0.494 e. The summed E-state index contributed by atoms with van der Waals surface area (Å²) in [5.74, 6) is 0.0420. The molecule has 100 valence electrons. The minimum absolute atomic E-state index is 0.273. The molecule has 1 aliphatic heterocycles. The highest BCUT2D eigenvalue weighted by molar-refractivity contribution is 5.29. The van der Waals surface area contributed by atoms with Gasteiger partial charge in [0.05, 0.1) is 7.11 Å². The Morgan fingerprint density at radius 3 is 3.00 bits per heavy atom. The molecule has 0 radical (unpaired) electrons. The van der Waals surface area contributed by atoms with Crippen molar-refractivity contribution < 1.29 is 9.13 Å². The van der Waals surface area contributed by atoms with Gasteiger partial charge in [-0.05, 0) is 37.6 Å². The van der Waals surface area contributed by atoms with Gasteiger partial charge in [-0.1, -0.05) is 6.07 Å². The molecule has 0 aromatic heterocycles. The lowest BCUT2D eigenvalue weighted by Gasteiger charge is -2.33. The van der Waals surface area contributed by atoms with Crippen LogP contribution in [0.3, 0.4) is 0 Å². The number of rotatable bonds is 4. The van der Waals surface area contributed by atoms with Crippen molar-refractivity contribution in [3.05, 3.63) is 29.6 Å². The van der Waals surface area contributed by atoms with Gasteiger partial charge in [-0.15, -0.1) is 0 Å². The molecule has 1 aromatic carbocycles. The Morgan fingerprint density at radius 2 is 2.33 bits per heavy atom. The molecule has 1 aliphatic rings. The average Bonchev–Trinajstić information content (AvgIpc) is 2.38. The van der Waals surface area contributed by atoms with Gasteiger partial charge in [0.25, 0.3) is 0 Å². The Kier molecular flexibility index (Phi) is 4.55. The van der Waals surface area contributed by atoms with E-state index in [1.807, 2.05) is 6.07 Å². The van der Waals surface area contributed by atoms with Crippen molar-refractivity contribution in [1.29, 1.82) is 0 Å². The summed E-state index contributed by atoms with van der Waals surface area (Å²) in [5.41, 5.74) is 1.03. The maximum Gasteiger partial charge on any atom is 0.165 e. The van der Waals surface area contributed by atoms with Crippen molar-refractivity contribution in [3.63, 3.8) is 0 Å². The summed E-state index contributed by atoms with van der Waals surface area (Å²) in [6.07, 6.45) is 1.95. The predicted molar refractivity (Wildman–Crippen MR) is 70.6 cm³/mol. The number of ether oxygens (including phenoxy) is 1. The standard InChI is InChI=1S/C14H21FN2O/c1-17-8-7-16-10-12(17)5-3-11-4-6-14(18-2)13(15)9-11/h4,6,9,12,16H,3,5,7-8,10H2,1-2H3. The third-order valence-corrected chi connectivity index (χ3v) is 3.63. The van der Waals surface area contributed by atoms with E-state index in [9.17, 15) is 4.39 Å². The molecular formula is C14H21FN2O. The summed E-state index contributed by atoms with van der Waals surface area (Å²) < 4.78 is 18.5. The van der Waals surface area contributed by atoms with Gasteiger partial charge in [0, 0.05) is 25.7 Å². The molecule has 0 bridgehead atoms. The van der Waals surface area contributed by atoms with Crippen LogP contribution in [0.1, 0.15) is 12.0 Å². The van der Waals surface area contributed by atoms with Crippen molar-refractivity contribution in [3.8, 4) is 5.75 Å². The van der Waals surface area contributed by atoms with Crippen molar-refractivity contribution >= 4 is 0 Å². The number of hydrogen-bond acceptors (Lipinski definition) is 3. The highest BCUT2D eigenvalue weighted by Crippen LogP contribution is 2.19. The monoisotopic (exact) mass is 252 g/mol. The molecule has 0 spiro atoms. The number of aryl methyl sites for hydroxylation is 1. The fraction of sp³-hybridized carbons (Fsp3) is 0.571. The summed E-state index contributed by atoms with van der Waals surface area (Å²) >= 11 is 0. The van der Waals surface area contributed by atoms with E-state index >= 15 is 0 Å². The number of piperazine rings is 1. The van der Waals surface area contributed by atoms with Crippen molar-refractivity contribution in [1.82, 2.24) is 10.2 Å². The third-order valence-electron chi connectivity index (χ3n) is 3.63. The van der Waals surface area contributed by atoms with Crippen LogP contribution in [0.25, 0.3) is 0 Å². The fourth-order valence-electron chi connectivity index (χ4n) is 2.38. The Hall–Kier alpha value is -1.13. The smallest absolute Gasteiger partial charge is 0.165 e. The van der Waals surface area contributed by atoms with Gasteiger partial charge < -0.3 is 15.0 Å². The van der Waals surface area contributed by atoms with Gasteiger partial charge in [0.1, 0.15) is 0 Å². The molecule has 0 saturated carbocycles. The van der Waals surface area contributed by atoms with E-state index in [0.717, 1.165) is 38.0 Å². The van der Waals surface area contributed by atoms with Crippen LogP contribution in [0, 0.1) is 5.82 Å². The van der Waals surface area contributed by atoms with E-state index in [0.29, 0.717) is 11.8 Å². The lowest BCUT2D eigenvalue weighted by atomic mass is 10.0. The van der Waals surface area contributed by atoms with Gasteiger partial charge in [-0.2, -0.15) is 0 Å². The number of nitrogens with one attached hydrogen (secondary N) is 1. The molecule has 4 heteroatoms. The van der Waals surface area contributed by atoms with Crippen molar-refractivity contribution in [2.75, 3.05) is 33.8 Å². The Morgan fingerprint density at radius 1 is 1.50 bits per heavy atom. The van der Waals surface area contributed by atoms with E-state index in [1.165, 1.54) is 7.11 Å². The third kappa shape index (κ3) is 3.21. The second-order valence-corrected chi connectivity index (χ2v) is 4.85. The Balaban J connectivity index is 1.91. The van der Waals surface area contributed by atoms with Crippen LogP contribution < -0.4 is 10.1 Å². The first kappa shape index (κ1) is 13.3. The number of likely N-dealkylation sites (N-methyl/N-ethyl adjacent to an activating group) is 1. The highest BCUT2D eigenvalue weighted by atomic mass is 19.1. The van der Waals surface area contributed by atoms with Gasteiger partial charge >= 0.3 is 0 Å². The molecular weight excluding hydrogens is 231 g/mol. The van der Waals surface area contributed by atoms with Gasteiger partial charge in [-0.25, -0.2) is 4.39 Å². The van der Waals surface area contributed by atoms with Crippen LogP contribution in [-0.4, -0.2) is 44.7 Å². The largest absolute Gasteiger partial charge is 0.494 e. The molecule has 18 heavy (non-hydrogen) atoms. The second-order valence-electron chi connectivity index (χ2n) is 4.85. The van der Waals surface area contributed by atoms with E-state index in [1.54, 1.807) is 12.1 Å². The molecule has 1 fully saturated rings. The molecule has 1 saturated heterocycles. The van der Waals surface area contributed by atoms with Gasteiger partial charge in [0.2, 0.25) is 0 Å². The summed E-state index contributed by atoms with van der Waals surface area (Å²) in [4.78, 5) is 2.37. The highest BCUT2D eigenvalue weighted by Gasteiger charge is 2.18. The number of hydrogen-bond donors (Lipinski definition) is 1. The number of benzene rings is 1. The van der Waals surface area contributed by atoms with Crippen LogP contribution in [0.2, 0.25) is 0 Å². The fourth-order valence-corrected chi connectivity index (χ4v) is 2.38. The minimum atomic E-state index is -0.273. The first-order valence-corrected chi connectivity index (χ1v) is 6.44. The quantitative estimate of drug-likeness (QED) is 0.882. The molecule has 1 atom stereocenters. The molecule has 1 aromatic rings. The number of halogens is 1. The van der Waals surface area contributed by atoms with Crippen LogP contribution >= 0.6 is 0 Å². The second kappa shape index (κ2) is 6.16. The lowest BCUT2D eigenvalue weighted by molar-refractivity contribution is 0.190. The summed E-state index contributed by atoms with van der Waals surface area (Å²) in [6, 6.07) is 5.77. The normalized spacial score (nSPS) is 20.9. The molecule has 1 unspecified atom stereocenters. The van der Waals surface area contributed by atoms with Crippen molar-refractivity contribution in [2.45, 2.75) is 18.9 Å². The summed E-state index contributed by atoms with van der Waals surface area (Å²) in [6.45, 7) is 3.17. The SMILES string of the molecule is COc1ccc(CCC2CNCCN2C)cc1F. The van der Waals surface area contributed by atoms with Crippen LogP contribution in [0.5, 0.6) is 5.75 Å². The van der Waals surface area contributed by atoms with E-state index in [4.69, 9.17) is 4.74 Å². The van der Waals surface area contributed by atoms with Gasteiger partial charge in [0.15, 0.2) is 11.6 Å². The summed E-state index contributed by atoms with van der Waals surface area (Å²) in [7, 11) is 3.64.